The number of benzene rings is 4. The van der Waals surface area contributed by atoms with Crippen molar-refractivity contribution in [3.05, 3.63) is 136 Å². The number of halogens is 1. The molecule has 0 aliphatic heterocycles. The van der Waals surface area contributed by atoms with Gasteiger partial charge in [0.25, 0.3) is 5.91 Å². The first-order valence-corrected chi connectivity index (χ1v) is 12.3. The standard InChI is InChI=1S/C30H22BrN3O4/c31-25-15-11-23(12-16-25)30(37)38-27-9-5-4-8-24(27)20-32-34-29(36)22-13-17-26(18-14-22)33-28(35)19-10-21-6-2-1-3-7-21/h1-20H,(H,33,35)(H,34,36)/b19-10+,32-20-. The molecule has 7 nitrogen and oxygen atoms in total. The average molecular weight is 568 g/mol. The van der Waals surface area contributed by atoms with Gasteiger partial charge in [0.2, 0.25) is 5.91 Å². The normalized spacial score (nSPS) is 10.9. The zero-order valence-corrected chi connectivity index (χ0v) is 21.6. The molecule has 0 saturated heterocycles. The van der Waals surface area contributed by atoms with Crippen molar-refractivity contribution in [2.75, 3.05) is 5.32 Å². The van der Waals surface area contributed by atoms with Gasteiger partial charge in [-0.15, -0.1) is 0 Å². The highest BCUT2D eigenvalue weighted by Crippen LogP contribution is 2.19. The molecule has 2 amide bonds. The molecule has 0 heterocycles. The highest BCUT2D eigenvalue weighted by Gasteiger charge is 2.11. The molecular formula is C30H22BrN3O4. The zero-order valence-electron chi connectivity index (χ0n) is 20.0. The molecule has 0 unspecified atom stereocenters. The number of para-hydroxylation sites is 1. The molecule has 8 heteroatoms. The summed E-state index contributed by atoms with van der Waals surface area (Å²) >= 11 is 3.33. The number of carbonyl (C=O) groups is 3. The summed E-state index contributed by atoms with van der Waals surface area (Å²) in [5.41, 5.74) is 5.19. The molecule has 188 valence electrons. The third-order valence-corrected chi connectivity index (χ3v) is 5.74. The monoisotopic (exact) mass is 567 g/mol. The lowest BCUT2D eigenvalue weighted by Crippen LogP contribution is -2.18. The van der Waals surface area contributed by atoms with Gasteiger partial charge in [-0.25, -0.2) is 10.2 Å². The van der Waals surface area contributed by atoms with Gasteiger partial charge in [-0.05, 0) is 72.3 Å². The number of anilines is 1. The maximum Gasteiger partial charge on any atom is 0.343 e. The van der Waals surface area contributed by atoms with Gasteiger partial charge in [0, 0.05) is 27.4 Å². The second-order valence-corrected chi connectivity index (χ2v) is 8.86. The number of hydrogen-bond donors (Lipinski definition) is 2. The lowest BCUT2D eigenvalue weighted by molar-refractivity contribution is -0.111. The molecule has 4 rings (SSSR count). The van der Waals surface area contributed by atoms with Crippen LogP contribution < -0.4 is 15.5 Å². The SMILES string of the molecule is O=C(/C=C/c1ccccc1)Nc1ccc(C(=O)N/N=C\c2ccccc2OC(=O)c2ccc(Br)cc2)cc1. The number of esters is 1. The molecule has 0 spiro atoms. The molecule has 0 aliphatic rings. The highest BCUT2D eigenvalue weighted by molar-refractivity contribution is 9.10. The Morgan fingerprint density at radius 1 is 0.763 bits per heavy atom. The fraction of sp³-hybridized carbons (Fsp3) is 0. The number of ether oxygens (including phenoxy) is 1. The summed E-state index contributed by atoms with van der Waals surface area (Å²) in [6.07, 6.45) is 4.56. The van der Waals surface area contributed by atoms with Gasteiger partial charge in [0.1, 0.15) is 5.75 Å². The van der Waals surface area contributed by atoms with Crippen molar-refractivity contribution < 1.29 is 19.1 Å². The van der Waals surface area contributed by atoms with E-state index in [9.17, 15) is 14.4 Å². The van der Waals surface area contributed by atoms with Gasteiger partial charge < -0.3 is 10.1 Å². The van der Waals surface area contributed by atoms with Gasteiger partial charge in [-0.2, -0.15) is 5.10 Å². The Labute approximate surface area is 228 Å². The van der Waals surface area contributed by atoms with Crippen LogP contribution >= 0.6 is 15.9 Å². The van der Waals surface area contributed by atoms with E-state index in [2.05, 4.69) is 31.8 Å². The third-order valence-electron chi connectivity index (χ3n) is 5.21. The maximum absolute atomic E-state index is 12.5. The van der Waals surface area contributed by atoms with Gasteiger partial charge in [0.05, 0.1) is 11.8 Å². The first-order chi connectivity index (χ1) is 18.5. The van der Waals surface area contributed by atoms with Crippen LogP contribution in [-0.4, -0.2) is 24.0 Å². The molecule has 0 saturated carbocycles. The van der Waals surface area contributed by atoms with Crippen LogP contribution in [0.15, 0.2) is 119 Å². The largest absolute Gasteiger partial charge is 0.422 e. The fourth-order valence-corrected chi connectivity index (χ4v) is 3.54. The highest BCUT2D eigenvalue weighted by atomic mass is 79.9. The Balaban J connectivity index is 1.32. The summed E-state index contributed by atoms with van der Waals surface area (Å²) < 4.78 is 6.36. The fourth-order valence-electron chi connectivity index (χ4n) is 3.27. The number of hydrazone groups is 1. The second kappa shape index (κ2) is 12.9. The quantitative estimate of drug-likeness (QED) is 0.0885. The van der Waals surface area contributed by atoms with Crippen LogP contribution in [-0.2, 0) is 4.79 Å². The number of amides is 2. The minimum Gasteiger partial charge on any atom is -0.422 e. The predicted octanol–water partition coefficient (Wildman–Crippen LogP) is 6.08. The Morgan fingerprint density at radius 2 is 1.42 bits per heavy atom. The minimum atomic E-state index is -0.509. The van der Waals surface area contributed by atoms with Gasteiger partial charge in [-0.3, -0.25) is 9.59 Å². The molecule has 0 aliphatic carbocycles. The van der Waals surface area contributed by atoms with Crippen LogP contribution in [0.3, 0.4) is 0 Å². The Hall–Kier alpha value is -4.82. The van der Waals surface area contributed by atoms with Crippen molar-refractivity contribution in [2.24, 2.45) is 5.10 Å². The van der Waals surface area contributed by atoms with Crippen molar-refractivity contribution >= 4 is 51.7 Å². The first kappa shape index (κ1) is 26.2. The maximum atomic E-state index is 12.5. The number of rotatable bonds is 8. The summed E-state index contributed by atoms with van der Waals surface area (Å²) in [5, 5.41) is 6.74. The van der Waals surface area contributed by atoms with Crippen molar-refractivity contribution in [1.29, 1.82) is 0 Å². The predicted molar refractivity (Wildman–Crippen MR) is 151 cm³/mol. The molecular weight excluding hydrogens is 546 g/mol. The van der Waals surface area contributed by atoms with Crippen molar-refractivity contribution in [3.63, 3.8) is 0 Å². The lowest BCUT2D eigenvalue weighted by Gasteiger charge is -2.07. The van der Waals surface area contributed by atoms with Crippen LogP contribution in [0.2, 0.25) is 0 Å². The Kier molecular flexibility index (Phi) is 8.93. The summed E-state index contributed by atoms with van der Waals surface area (Å²) in [6, 6.07) is 29.6. The van der Waals surface area contributed by atoms with E-state index in [-0.39, 0.29) is 5.91 Å². The summed E-state index contributed by atoms with van der Waals surface area (Å²) in [5.74, 6) is -0.924. The molecule has 4 aromatic rings. The van der Waals surface area contributed by atoms with E-state index in [1.165, 1.54) is 12.3 Å². The molecule has 38 heavy (non-hydrogen) atoms. The number of nitrogens with one attached hydrogen (secondary N) is 2. The summed E-state index contributed by atoms with van der Waals surface area (Å²) in [6.45, 7) is 0. The molecule has 0 atom stereocenters. The van der Waals surface area contributed by atoms with Crippen molar-refractivity contribution in [2.45, 2.75) is 0 Å². The summed E-state index contributed by atoms with van der Waals surface area (Å²) in [4.78, 5) is 37.1. The van der Waals surface area contributed by atoms with Crippen LogP contribution in [0.1, 0.15) is 31.8 Å². The lowest BCUT2D eigenvalue weighted by atomic mass is 10.2. The molecule has 0 radical (unpaired) electrons. The van der Waals surface area contributed by atoms with E-state index in [0.717, 1.165) is 10.0 Å². The molecule has 0 fully saturated rings. The van der Waals surface area contributed by atoms with Crippen molar-refractivity contribution in [3.8, 4) is 5.75 Å². The average Bonchev–Trinajstić information content (AvgIpc) is 2.94. The van der Waals surface area contributed by atoms with Crippen LogP contribution in [0, 0.1) is 0 Å². The zero-order chi connectivity index (χ0) is 26.7. The number of hydrogen-bond acceptors (Lipinski definition) is 5. The van der Waals surface area contributed by atoms with E-state index in [0.29, 0.717) is 28.1 Å². The van der Waals surface area contributed by atoms with Gasteiger partial charge >= 0.3 is 5.97 Å². The minimum absolute atomic E-state index is 0.282. The second-order valence-electron chi connectivity index (χ2n) is 7.94. The Bertz CT molecular complexity index is 1480. The smallest absolute Gasteiger partial charge is 0.343 e. The van der Waals surface area contributed by atoms with E-state index >= 15 is 0 Å². The van der Waals surface area contributed by atoms with E-state index < -0.39 is 11.9 Å². The van der Waals surface area contributed by atoms with Gasteiger partial charge in [-0.1, -0.05) is 58.4 Å². The molecule has 4 aromatic carbocycles. The number of nitrogens with zero attached hydrogens (tertiary/aromatic N) is 1. The molecule has 0 aromatic heterocycles. The Morgan fingerprint density at radius 3 is 2.16 bits per heavy atom. The third kappa shape index (κ3) is 7.59. The molecule has 2 N–H and O–H groups in total. The van der Waals surface area contributed by atoms with Crippen LogP contribution in [0.4, 0.5) is 5.69 Å². The topological polar surface area (TPSA) is 96.9 Å². The van der Waals surface area contributed by atoms with E-state index in [1.54, 1.807) is 78.9 Å². The van der Waals surface area contributed by atoms with Crippen molar-refractivity contribution in [1.82, 2.24) is 5.43 Å². The summed E-state index contributed by atoms with van der Waals surface area (Å²) in [7, 11) is 0. The van der Waals surface area contributed by atoms with E-state index in [4.69, 9.17) is 4.74 Å². The first-order valence-electron chi connectivity index (χ1n) is 11.5. The van der Waals surface area contributed by atoms with E-state index in [1.807, 2.05) is 30.3 Å². The van der Waals surface area contributed by atoms with Crippen LogP contribution in [0.25, 0.3) is 6.08 Å². The van der Waals surface area contributed by atoms with Gasteiger partial charge in [0.15, 0.2) is 0 Å². The number of carbonyl (C=O) groups excluding carboxylic acids is 3. The van der Waals surface area contributed by atoms with Crippen LogP contribution in [0.5, 0.6) is 5.75 Å². The molecule has 0 bridgehead atoms.